The van der Waals surface area contributed by atoms with Crippen LogP contribution in [0.15, 0.2) is 24.3 Å². The van der Waals surface area contributed by atoms with E-state index in [1.54, 1.807) is 24.3 Å². The third-order valence-corrected chi connectivity index (χ3v) is 3.23. The van der Waals surface area contributed by atoms with Crippen molar-refractivity contribution in [2.45, 2.75) is 18.9 Å². The molecule has 0 unspecified atom stereocenters. The molecule has 0 saturated heterocycles. The first-order valence-corrected chi connectivity index (χ1v) is 6.81. The second-order valence-corrected chi connectivity index (χ2v) is 5.41. The SMILES string of the molecule is O=C(NNC(=O)c1ccc(I)cc1)C(=O)NC1CC1. The van der Waals surface area contributed by atoms with E-state index in [1.807, 2.05) is 0 Å². The summed E-state index contributed by atoms with van der Waals surface area (Å²) in [6, 6.07) is 6.92. The summed E-state index contributed by atoms with van der Waals surface area (Å²) in [5.74, 6) is -2.07. The molecule has 3 N–H and O–H groups in total. The largest absolute Gasteiger partial charge is 0.345 e. The van der Waals surface area contributed by atoms with Crippen LogP contribution in [0, 0.1) is 3.57 Å². The standard InChI is InChI=1S/C12H12IN3O3/c13-8-3-1-7(2-4-8)10(17)15-16-12(19)11(18)14-9-5-6-9/h1-4,9H,5-6H2,(H,14,18)(H,15,17)(H,16,19). The van der Waals surface area contributed by atoms with Gasteiger partial charge in [-0.3, -0.25) is 25.2 Å². The van der Waals surface area contributed by atoms with E-state index in [1.165, 1.54) is 0 Å². The number of carbonyl (C=O) groups is 3. The van der Waals surface area contributed by atoms with Crippen LogP contribution in [0.4, 0.5) is 0 Å². The number of nitrogens with one attached hydrogen (secondary N) is 3. The van der Waals surface area contributed by atoms with E-state index in [9.17, 15) is 14.4 Å². The summed E-state index contributed by atoms with van der Waals surface area (Å²) in [5.41, 5.74) is 4.67. The lowest BCUT2D eigenvalue weighted by Crippen LogP contribution is -2.48. The number of halogens is 1. The zero-order valence-corrected chi connectivity index (χ0v) is 12.1. The monoisotopic (exact) mass is 373 g/mol. The summed E-state index contributed by atoms with van der Waals surface area (Å²) in [7, 11) is 0. The molecule has 1 aliphatic carbocycles. The molecule has 6 nitrogen and oxygen atoms in total. The molecule has 1 aromatic carbocycles. The van der Waals surface area contributed by atoms with E-state index in [-0.39, 0.29) is 6.04 Å². The Balaban J connectivity index is 1.80. The molecule has 0 atom stereocenters. The van der Waals surface area contributed by atoms with Crippen LogP contribution in [-0.2, 0) is 9.59 Å². The zero-order chi connectivity index (χ0) is 13.8. The minimum Gasteiger partial charge on any atom is -0.345 e. The van der Waals surface area contributed by atoms with E-state index >= 15 is 0 Å². The molecule has 0 aromatic heterocycles. The fraction of sp³-hybridized carbons (Fsp3) is 0.250. The molecule has 0 bridgehead atoms. The first-order valence-electron chi connectivity index (χ1n) is 5.73. The smallest absolute Gasteiger partial charge is 0.327 e. The van der Waals surface area contributed by atoms with Crippen LogP contribution in [0.25, 0.3) is 0 Å². The van der Waals surface area contributed by atoms with Crippen molar-refractivity contribution in [3.8, 4) is 0 Å². The van der Waals surface area contributed by atoms with Crippen molar-refractivity contribution in [3.05, 3.63) is 33.4 Å². The van der Waals surface area contributed by atoms with Gasteiger partial charge in [-0.15, -0.1) is 0 Å². The molecule has 1 fully saturated rings. The predicted molar refractivity (Wildman–Crippen MR) is 75.9 cm³/mol. The van der Waals surface area contributed by atoms with Crippen LogP contribution >= 0.6 is 22.6 Å². The third-order valence-electron chi connectivity index (χ3n) is 2.51. The number of hydrazine groups is 1. The van der Waals surface area contributed by atoms with Crippen molar-refractivity contribution in [2.75, 3.05) is 0 Å². The zero-order valence-electron chi connectivity index (χ0n) is 9.90. The van der Waals surface area contributed by atoms with Crippen molar-refractivity contribution >= 4 is 40.3 Å². The topological polar surface area (TPSA) is 87.3 Å². The molecule has 7 heteroatoms. The number of hydrogen-bond donors (Lipinski definition) is 3. The molecule has 0 aliphatic heterocycles. The molecule has 0 radical (unpaired) electrons. The molecule has 1 aromatic rings. The van der Waals surface area contributed by atoms with Gasteiger partial charge in [0, 0.05) is 15.2 Å². The maximum Gasteiger partial charge on any atom is 0.327 e. The maximum atomic E-state index is 11.7. The number of amides is 3. The van der Waals surface area contributed by atoms with Crippen molar-refractivity contribution < 1.29 is 14.4 Å². The van der Waals surface area contributed by atoms with E-state index in [0.717, 1.165) is 16.4 Å². The first kappa shape index (κ1) is 13.8. The number of benzene rings is 1. The van der Waals surface area contributed by atoms with E-state index in [0.29, 0.717) is 5.56 Å². The average molecular weight is 373 g/mol. The summed E-state index contributed by atoms with van der Waals surface area (Å²) < 4.78 is 1.00. The van der Waals surface area contributed by atoms with E-state index in [2.05, 4.69) is 38.8 Å². The minimum atomic E-state index is -0.870. The van der Waals surface area contributed by atoms with Crippen LogP contribution in [0.5, 0.6) is 0 Å². The molecule has 100 valence electrons. The van der Waals surface area contributed by atoms with Crippen LogP contribution in [-0.4, -0.2) is 23.8 Å². The Labute approximate surface area is 123 Å². The van der Waals surface area contributed by atoms with Gasteiger partial charge in [0.2, 0.25) is 0 Å². The summed E-state index contributed by atoms with van der Waals surface area (Å²) in [4.78, 5) is 34.3. The van der Waals surface area contributed by atoms with Gasteiger partial charge in [-0.1, -0.05) is 0 Å². The Bertz CT molecular complexity index is 511. The Kier molecular flexibility index (Phi) is 4.35. The number of carbonyl (C=O) groups excluding carboxylic acids is 3. The molecule has 3 amide bonds. The normalized spacial score (nSPS) is 13.5. The molecule has 19 heavy (non-hydrogen) atoms. The van der Waals surface area contributed by atoms with Crippen molar-refractivity contribution in [1.82, 2.24) is 16.2 Å². The van der Waals surface area contributed by atoms with Crippen LogP contribution < -0.4 is 16.2 Å². The number of hydrogen-bond acceptors (Lipinski definition) is 3. The molecular weight excluding hydrogens is 361 g/mol. The molecule has 1 saturated carbocycles. The second-order valence-electron chi connectivity index (χ2n) is 4.16. The van der Waals surface area contributed by atoms with Gasteiger partial charge in [-0.25, -0.2) is 0 Å². The minimum absolute atomic E-state index is 0.102. The first-order chi connectivity index (χ1) is 9.06. The van der Waals surface area contributed by atoms with Crippen LogP contribution in [0.3, 0.4) is 0 Å². The summed E-state index contributed by atoms with van der Waals surface area (Å²) in [6.45, 7) is 0. The van der Waals surface area contributed by atoms with Crippen LogP contribution in [0.2, 0.25) is 0 Å². The summed E-state index contributed by atoms with van der Waals surface area (Å²) in [6.07, 6.45) is 1.79. The van der Waals surface area contributed by atoms with Gasteiger partial charge in [-0.05, 0) is 59.7 Å². The predicted octanol–water partition coefficient (Wildman–Crippen LogP) is 0.331. The highest BCUT2D eigenvalue weighted by molar-refractivity contribution is 14.1. The van der Waals surface area contributed by atoms with Crippen molar-refractivity contribution in [3.63, 3.8) is 0 Å². The molecule has 0 spiro atoms. The highest BCUT2D eigenvalue weighted by Gasteiger charge is 2.26. The fourth-order valence-corrected chi connectivity index (χ4v) is 1.68. The van der Waals surface area contributed by atoms with Crippen LogP contribution in [0.1, 0.15) is 23.2 Å². The van der Waals surface area contributed by atoms with Gasteiger partial charge in [0.05, 0.1) is 0 Å². The molecular formula is C12H12IN3O3. The molecule has 0 heterocycles. The van der Waals surface area contributed by atoms with Gasteiger partial charge in [-0.2, -0.15) is 0 Å². The molecule has 2 rings (SSSR count). The van der Waals surface area contributed by atoms with Crippen molar-refractivity contribution in [2.24, 2.45) is 0 Å². The average Bonchev–Trinajstić information content (AvgIpc) is 3.20. The Hall–Kier alpha value is -1.64. The highest BCUT2D eigenvalue weighted by atomic mass is 127. The number of rotatable bonds is 2. The Morgan fingerprint density at radius 2 is 1.63 bits per heavy atom. The maximum absolute atomic E-state index is 11.7. The summed E-state index contributed by atoms with van der Waals surface area (Å²) >= 11 is 2.12. The van der Waals surface area contributed by atoms with E-state index in [4.69, 9.17) is 0 Å². The quantitative estimate of drug-likeness (QED) is 0.397. The van der Waals surface area contributed by atoms with Crippen molar-refractivity contribution in [1.29, 1.82) is 0 Å². The van der Waals surface area contributed by atoms with Gasteiger partial charge < -0.3 is 5.32 Å². The van der Waals surface area contributed by atoms with E-state index < -0.39 is 17.7 Å². The Morgan fingerprint density at radius 3 is 2.21 bits per heavy atom. The van der Waals surface area contributed by atoms with Gasteiger partial charge >= 0.3 is 11.8 Å². The Morgan fingerprint density at radius 1 is 1.00 bits per heavy atom. The summed E-state index contributed by atoms with van der Waals surface area (Å²) in [5, 5.41) is 2.52. The third kappa shape index (κ3) is 4.19. The lowest BCUT2D eigenvalue weighted by atomic mass is 10.2. The molecule has 1 aliphatic rings. The fourth-order valence-electron chi connectivity index (χ4n) is 1.32. The lowest BCUT2D eigenvalue weighted by molar-refractivity contribution is -0.139. The lowest BCUT2D eigenvalue weighted by Gasteiger charge is -2.07. The van der Waals surface area contributed by atoms with Gasteiger partial charge in [0.1, 0.15) is 0 Å². The van der Waals surface area contributed by atoms with Gasteiger partial charge in [0.15, 0.2) is 0 Å². The second kappa shape index (κ2) is 6.00. The van der Waals surface area contributed by atoms with Gasteiger partial charge in [0.25, 0.3) is 5.91 Å². The highest BCUT2D eigenvalue weighted by Crippen LogP contribution is 2.18.